The zero-order valence-corrected chi connectivity index (χ0v) is 10.9. The van der Waals surface area contributed by atoms with E-state index in [-0.39, 0.29) is 0 Å². The smallest absolute Gasteiger partial charge is 0.248 e. The summed E-state index contributed by atoms with van der Waals surface area (Å²) in [6.07, 6.45) is 1.49. The summed E-state index contributed by atoms with van der Waals surface area (Å²) in [5.41, 5.74) is 5.55. The number of primary amides is 1. The molecule has 17 heavy (non-hydrogen) atoms. The second kappa shape index (κ2) is 5.13. The lowest BCUT2D eigenvalue weighted by Crippen LogP contribution is -2.10. The molecule has 2 aromatic rings. The molecular formula is C12H9IN2O2. The maximum absolute atomic E-state index is 11.0. The van der Waals surface area contributed by atoms with Gasteiger partial charge in [0.2, 0.25) is 11.8 Å². The predicted molar refractivity (Wildman–Crippen MR) is 72.0 cm³/mol. The van der Waals surface area contributed by atoms with Crippen LogP contribution in [0.5, 0.6) is 11.6 Å². The van der Waals surface area contributed by atoms with E-state index in [4.69, 9.17) is 10.5 Å². The Labute approximate surface area is 112 Å². The van der Waals surface area contributed by atoms with Crippen LogP contribution in [0.4, 0.5) is 0 Å². The van der Waals surface area contributed by atoms with Crippen molar-refractivity contribution in [3.63, 3.8) is 0 Å². The predicted octanol–water partition coefficient (Wildman–Crippen LogP) is 2.58. The second-order valence-corrected chi connectivity index (χ2v) is 4.55. The quantitative estimate of drug-likeness (QED) is 0.874. The molecule has 5 heteroatoms. The zero-order valence-electron chi connectivity index (χ0n) is 8.76. The molecule has 0 saturated heterocycles. The summed E-state index contributed by atoms with van der Waals surface area (Å²) in [6.45, 7) is 0. The van der Waals surface area contributed by atoms with E-state index in [0.29, 0.717) is 17.2 Å². The number of ether oxygens (including phenoxy) is 1. The molecule has 86 valence electrons. The molecule has 0 saturated carbocycles. The molecule has 2 N–H and O–H groups in total. The van der Waals surface area contributed by atoms with Gasteiger partial charge in [-0.05, 0) is 52.9 Å². The fraction of sp³-hybridized carbons (Fsp3) is 0. The number of amides is 1. The minimum absolute atomic E-state index is 0.350. The molecule has 1 aromatic heterocycles. The molecule has 0 unspecified atom stereocenters. The van der Waals surface area contributed by atoms with Crippen LogP contribution < -0.4 is 10.5 Å². The molecule has 0 fully saturated rings. The first kappa shape index (κ1) is 11.8. The van der Waals surface area contributed by atoms with Gasteiger partial charge in [0.25, 0.3) is 0 Å². The van der Waals surface area contributed by atoms with E-state index in [2.05, 4.69) is 27.6 Å². The van der Waals surface area contributed by atoms with Crippen LogP contribution >= 0.6 is 22.6 Å². The van der Waals surface area contributed by atoms with Gasteiger partial charge in [-0.15, -0.1) is 0 Å². The van der Waals surface area contributed by atoms with Crippen LogP contribution in [-0.2, 0) is 0 Å². The SMILES string of the molecule is NC(=O)c1ccnc(Oc2ccc(I)cc2)c1. The van der Waals surface area contributed by atoms with Gasteiger partial charge >= 0.3 is 0 Å². The summed E-state index contributed by atoms with van der Waals surface area (Å²) in [5.74, 6) is 0.516. The highest BCUT2D eigenvalue weighted by molar-refractivity contribution is 14.1. The van der Waals surface area contributed by atoms with Crippen molar-refractivity contribution < 1.29 is 9.53 Å². The van der Waals surface area contributed by atoms with Crippen molar-refractivity contribution in [3.8, 4) is 11.6 Å². The molecule has 0 radical (unpaired) electrons. The van der Waals surface area contributed by atoms with Crippen LogP contribution in [0.2, 0.25) is 0 Å². The highest BCUT2D eigenvalue weighted by atomic mass is 127. The highest BCUT2D eigenvalue weighted by Gasteiger charge is 2.04. The number of halogens is 1. The van der Waals surface area contributed by atoms with Crippen LogP contribution in [0.3, 0.4) is 0 Å². The standard InChI is InChI=1S/C12H9IN2O2/c13-9-1-3-10(4-2-9)17-11-7-8(12(14)16)5-6-15-11/h1-7H,(H2,14,16). The average molecular weight is 340 g/mol. The second-order valence-electron chi connectivity index (χ2n) is 3.30. The summed E-state index contributed by atoms with van der Waals surface area (Å²) < 4.78 is 6.62. The minimum Gasteiger partial charge on any atom is -0.439 e. The first-order valence-electron chi connectivity index (χ1n) is 4.84. The number of nitrogens with two attached hydrogens (primary N) is 1. The van der Waals surface area contributed by atoms with Crippen molar-refractivity contribution in [2.45, 2.75) is 0 Å². The molecule has 1 aromatic carbocycles. The average Bonchev–Trinajstić information content (AvgIpc) is 2.32. The van der Waals surface area contributed by atoms with Gasteiger partial charge in [-0.1, -0.05) is 0 Å². The molecule has 0 bridgehead atoms. The number of hydrogen-bond donors (Lipinski definition) is 1. The van der Waals surface area contributed by atoms with Crippen molar-refractivity contribution in [2.24, 2.45) is 5.73 Å². The van der Waals surface area contributed by atoms with Gasteiger partial charge in [0.05, 0.1) is 0 Å². The highest BCUT2D eigenvalue weighted by Crippen LogP contribution is 2.20. The molecule has 2 rings (SSSR count). The van der Waals surface area contributed by atoms with Gasteiger partial charge in [-0.3, -0.25) is 4.79 Å². The van der Waals surface area contributed by atoms with E-state index < -0.39 is 5.91 Å². The molecular weight excluding hydrogens is 331 g/mol. The monoisotopic (exact) mass is 340 g/mol. The van der Waals surface area contributed by atoms with E-state index in [1.54, 1.807) is 6.07 Å². The molecule has 1 amide bonds. The Morgan fingerprint density at radius 1 is 1.24 bits per heavy atom. The molecule has 0 aliphatic rings. The lowest BCUT2D eigenvalue weighted by molar-refractivity contribution is 0.1000. The number of rotatable bonds is 3. The number of nitrogens with zero attached hydrogens (tertiary/aromatic N) is 1. The van der Waals surface area contributed by atoms with Crippen molar-refractivity contribution in [1.29, 1.82) is 0 Å². The minimum atomic E-state index is -0.500. The van der Waals surface area contributed by atoms with Crippen LogP contribution in [0, 0.1) is 3.57 Å². The van der Waals surface area contributed by atoms with Crippen molar-refractivity contribution in [3.05, 3.63) is 51.7 Å². The summed E-state index contributed by atoms with van der Waals surface area (Å²) in [7, 11) is 0. The first-order valence-corrected chi connectivity index (χ1v) is 5.92. The number of carbonyl (C=O) groups excluding carboxylic acids is 1. The third-order valence-corrected chi connectivity index (χ3v) is 2.77. The molecule has 0 atom stereocenters. The topological polar surface area (TPSA) is 65.2 Å². The largest absolute Gasteiger partial charge is 0.439 e. The van der Waals surface area contributed by atoms with E-state index >= 15 is 0 Å². The lowest BCUT2D eigenvalue weighted by Gasteiger charge is -2.05. The Balaban J connectivity index is 2.21. The van der Waals surface area contributed by atoms with Crippen LogP contribution in [0.1, 0.15) is 10.4 Å². The van der Waals surface area contributed by atoms with Crippen LogP contribution in [-0.4, -0.2) is 10.9 Å². The van der Waals surface area contributed by atoms with E-state index in [0.717, 1.165) is 3.57 Å². The normalized spacial score (nSPS) is 9.94. The number of aromatic nitrogens is 1. The Morgan fingerprint density at radius 3 is 2.59 bits per heavy atom. The van der Waals surface area contributed by atoms with Gasteiger partial charge in [0, 0.05) is 21.4 Å². The Morgan fingerprint density at radius 2 is 1.94 bits per heavy atom. The molecule has 0 spiro atoms. The van der Waals surface area contributed by atoms with E-state index in [9.17, 15) is 4.79 Å². The summed E-state index contributed by atoms with van der Waals surface area (Å²) in [4.78, 5) is 15.0. The number of carbonyl (C=O) groups is 1. The summed E-state index contributed by atoms with van der Waals surface area (Å²) in [6, 6.07) is 10.6. The van der Waals surface area contributed by atoms with Crippen molar-refractivity contribution in [2.75, 3.05) is 0 Å². The van der Waals surface area contributed by atoms with Gasteiger partial charge in [0.15, 0.2) is 0 Å². The van der Waals surface area contributed by atoms with Crippen molar-refractivity contribution in [1.82, 2.24) is 4.98 Å². The lowest BCUT2D eigenvalue weighted by atomic mass is 10.2. The number of benzene rings is 1. The molecule has 1 heterocycles. The maximum atomic E-state index is 11.0. The summed E-state index contributed by atoms with van der Waals surface area (Å²) >= 11 is 2.21. The van der Waals surface area contributed by atoms with E-state index in [1.807, 2.05) is 24.3 Å². The molecule has 0 aliphatic heterocycles. The van der Waals surface area contributed by atoms with Gasteiger partial charge in [0.1, 0.15) is 5.75 Å². The maximum Gasteiger partial charge on any atom is 0.248 e. The Hall–Kier alpha value is -1.63. The summed E-state index contributed by atoms with van der Waals surface area (Å²) in [5, 5.41) is 0. The molecule has 4 nitrogen and oxygen atoms in total. The fourth-order valence-corrected chi connectivity index (χ4v) is 1.60. The van der Waals surface area contributed by atoms with Gasteiger partial charge in [-0.2, -0.15) is 0 Å². The van der Waals surface area contributed by atoms with Gasteiger partial charge in [-0.25, -0.2) is 4.98 Å². The van der Waals surface area contributed by atoms with Crippen molar-refractivity contribution >= 4 is 28.5 Å². The van der Waals surface area contributed by atoms with Crippen LogP contribution in [0.15, 0.2) is 42.6 Å². The van der Waals surface area contributed by atoms with Crippen LogP contribution in [0.25, 0.3) is 0 Å². The third-order valence-electron chi connectivity index (χ3n) is 2.06. The number of pyridine rings is 1. The number of hydrogen-bond acceptors (Lipinski definition) is 3. The Kier molecular flexibility index (Phi) is 3.58. The third kappa shape index (κ3) is 3.16. The Bertz CT molecular complexity index is 540. The fourth-order valence-electron chi connectivity index (χ4n) is 1.24. The van der Waals surface area contributed by atoms with Gasteiger partial charge < -0.3 is 10.5 Å². The first-order chi connectivity index (χ1) is 8.15. The van der Waals surface area contributed by atoms with E-state index in [1.165, 1.54) is 12.3 Å². The zero-order chi connectivity index (χ0) is 12.3. The molecule has 0 aliphatic carbocycles.